The first-order valence-corrected chi connectivity index (χ1v) is 13.7. The third-order valence-corrected chi connectivity index (χ3v) is 7.65. The van der Waals surface area contributed by atoms with Crippen LogP contribution < -0.4 is 10.3 Å². The molecule has 6 rings (SSSR count). The van der Waals surface area contributed by atoms with E-state index in [0.717, 1.165) is 26.5 Å². The maximum Gasteiger partial charge on any atom is 0.310 e. The van der Waals surface area contributed by atoms with Crippen molar-refractivity contribution in [2.45, 2.75) is 12.5 Å². The molecule has 5 aromatic rings. The van der Waals surface area contributed by atoms with Gasteiger partial charge in [0, 0.05) is 27.4 Å². The molecule has 0 fully saturated rings. The van der Waals surface area contributed by atoms with E-state index in [-0.39, 0.29) is 11.3 Å². The first-order valence-electron chi connectivity index (χ1n) is 12.1. The van der Waals surface area contributed by atoms with Crippen molar-refractivity contribution in [1.29, 1.82) is 0 Å². The molecule has 1 aliphatic rings. The molecule has 0 saturated heterocycles. The largest absolute Gasteiger partial charge is 0.497 e. The number of aromatic amines is 1. The van der Waals surface area contributed by atoms with E-state index in [0.29, 0.717) is 33.6 Å². The number of hydrogen-bond donors (Lipinski definition) is 1. The maximum atomic E-state index is 13.7. The molecule has 0 bridgehead atoms. The number of methoxy groups -OCH3 is 1. The van der Waals surface area contributed by atoms with Crippen molar-refractivity contribution in [3.63, 3.8) is 0 Å². The summed E-state index contributed by atoms with van der Waals surface area (Å²) in [6, 6.07) is 25.8. The van der Waals surface area contributed by atoms with Crippen molar-refractivity contribution >= 4 is 54.4 Å². The minimum absolute atomic E-state index is 0.144. The second kappa shape index (κ2) is 10.3. The number of pyridine rings is 1. The van der Waals surface area contributed by atoms with Gasteiger partial charge in [0.05, 0.1) is 24.4 Å². The van der Waals surface area contributed by atoms with Crippen molar-refractivity contribution in [2.75, 3.05) is 7.11 Å². The van der Waals surface area contributed by atoms with Gasteiger partial charge >= 0.3 is 5.91 Å². The van der Waals surface area contributed by atoms with Gasteiger partial charge in [-0.15, -0.1) is 0 Å². The van der Waals surface area contributed by atoms with Crippen molar-refractivity contribution in [3.05, 3.63) is 121 Å². The highest BCUT2D eigenvalue weighted by molar-refractivity contribution is 9.10. The Hall–Kier alpha value is -3.95. The summed E-state index contributed by atoms with van der Waals surface area (Å²) in [6.45, 7) is 0. The van der Waals surface area contributed by atoms with Gasteiger partial charge in [0.1, 0.15) is 5.75 Å². The summed E-state index contributed by atoms with van der Waals surface area (Å²) in [7, 11) is 1.60. The Morgan fingerprint density at radius 3 is 2.46 bits per heavy atom. The average molecular weight is 647 g/mol. The number of carbonyl (C=O) groups is 1. The maximum absolute atomic E-state index is 13.7. The lowest BCUT2D eigenvalue weighted by Gasteiger charge is -2.21. The summed E-state index contributed by atoms with van der Waals surface area (Å²) in [5.74, 6) is 0.441. The molecule has 2 aromatic heterocycles. The van der Waals surface area contributed by atoms with Crippen LogP contribution in [0.2, 0.25) is 0 Å². The number of fused-ring (bicyclic) bond motifs is 1. The number of nitrogens with zero attached hydrogens (tertiary/aromatic N) is 2. The summed E-state index contributed by atoms with van der Waals surface area (Å²) in [6.07, 6.45) is 0.336. The topological polar surface area (TPSA) is 87.9 Å². The number of H-pyrrole nitrogens is 1. The Labute approximate surface area is 240 Å². The standard InChI is InChI=1S/C30H21Br2N3O4/c1-38-20-10-7-17(8-11-20)24-16-23(34-35(24)30(37)25-13-14-26(32)39-25)28-27(18-5-3-2-4-6-18)21-15-19(31)9-12-22(21)33-29(28)36/h2-15,24H,16H2,1H3,(H,33,36)/t24-/m0/s1. The molecule has 0 unspecified atom stereocenters. The van der Waals surface area contributed by atoms with E-state index in [9.17, 15) is 9.59 Å². The number of benzene rings is 3. The van der Waals surface area contributed by atoms with E-state index in [1.165, 1.54) is 5.01 Å². The number of carbonyl (C=O) groups excluding carboxylic acids is 1. The molecule has 7 nitrogen and oxygen atoms in total. The van der Waals surface area contributed by atoms with Crippen LogP contribution in [0.15, 0.2) is 108 Å². The van der Waals surface area contributed by atoms with Crippen molar-refractivity contribution < 1.29 is 13.9 Å². The zero-order chi connectivity index (χ0) is 27.1. The molecule has 0 aliphatic carbocycles. The highest BCUT2D eigenvalue weighted by Crippen LogP contribution is 2.38. The number of aromatic nitrogens is 1. The zero-order valence-corrected chi connectivity index (χ0v) is 23.8. The Bertz CT molecular complexity index is 1790. The molecule has 1 amide bonds. The van der Waals surface area contributed by atoms with Crippen LogP contribution >= 0.6 is 31.9 Å². The number of nitrogens with one attached hydrogen (secondary N) is 1. The molecular weight excluding hydrogens is 626 g/mol. The van der Waals surface area contributed by atoms with Gasteiger partial charge in [-0.3, -0.25) is 9.59 Å². The number of ether oxygens (including phenoxy) is 1. The third-order valence-electron chi connectivity index (χ3n) is 6.73. The quantitative estimate of drug-likeness (QED) is 0.217. The number of hydrazone groups is 1. The van der Waals surface area contributed by atoms with Gasteiger partial charge in [-0.25, -0.2) is 5.01 Å². The van der Waals surface area contributed by atoms with Crippen LogP contribution in [0.4, 0.5) is 0 Å². The second-order valence-electron chi connectivity index (χ2n) is 9.05. The van der Waals surface area contributed by atoms with Gasteiger partial charge in [-0.05, 0) is 69.5 Å². The van der Waals surface area contributed by atoms with Crippen LogP contribution in [-0.4, -0.2) is 28.7 Å². The average Bonchev–Trinajstić information content (AvgIpc) is 3.59. The van der Waals surface area contributed by atoms with Crippen LogP contribution in [0.25, 0.3) is 22.0 Å². The lowest BCUT2D eigenvalue weighted by Crippen LogP contribution is -2.26. The molecule has 0 saturated carbocycles. The lowest BCUT2D eigenvalue weighted by atomic mass is 9.91. The first-order chi connectivity index (χ1) is 18.9. The lowest BCUT2D eigenvalue weighted by molar-refractivity contribution is 0.0677. The van der Waals surface area contributed by atoms with E-state index in [1.54, 1.807) is 19.2 Å². The summed E-state index contributed by atoms with van der Waals surface area (Å²) in [5, 5.41) is 7.06. The van der Waals surface area contributed by atoms with E-state index in [1.807, 2.05) is 72.8 Å². The summed E-state index contributed by atoms with van der Waals surface area (Å²) in [4.78, 5) is 30.3. The van der Waals surface area contributed by atoms with Gasteiger partial charge in [0.15, 0.2) is 10.4 Å². The molecule has 0 radical (unpaired) electrons. The fraction of sp³-hybridized carbons (Fsp3) is 0.100. The van der Waals surface area contributed by atoms with Crippen molar-refractivity contribution in [1.82, 2.24) is 9.99 Å². The summed E-state index contributed by atoms with van der Waals surface area (Å²) < 4.78 is 12.2. The van der Waals surface area contributed by atoms with E-state index in [2.05, 4.69) is 36.8 Å². The number of halogens is 2. The molecule has 9 heteroatoms. The van der Waals surface area contributed by atoms with Gasteiger partial charge in [-0.1, -0.05) is 58.4 Å². The van der Waals surface area contributed by atoms with Crippen LogP contribution in [0.3, 0.4) is 0 Å². The second-order valence-corrected chi connectivity index (χ2v) is 10.8. The van der Waals surface area contributed by atoms with Gasteiger partial charge in [0.2, 0.25) is 0 Å². The Morgan fingerprint density at radius 2 is 1.77 bits per heavy atom. The predicted octanol–water partition coefficient (Wildman–Crippen LogP) is 7.31. The fourth-order valence-electron chi connectivity index (χ4n) is 4.92. The van der Waals surface area contributed by atoms with E-state index >= 15 is 0 Å². The molecule has 39 heavy (non-hydrogen) atoms. The predicted molar refractivity (Wildman–Crippen MR) is 157 cm³/mol. The Balaban J connectivity index is 1.55. The Kier molecular flexibility index (Phi) is 6.70. The summed E-state index contributed by atoms with van der Waals surface area (Å²) in [5.41, 5.74) is 3.88. The van der Waals surface area contributed by atoms with Gasteiger partial charge < -0.3 is 14.1 Å². The molecule has 1 atom stereocenters. The number of rotatable bonds is 5. The molecule has 3 heterocycles. The Morgan fingerprint density at radius 1 is 1.00 bits per heavy atom. The third kappa shape index (κ3) is 4.72. The molecular formula is C30H21Br2N3O4. The molecule has 3 aromatic carbocycles. The fourth-order valence-corrected chi connectivity index (χ4v) is 5.59. The van der Waals surface area contributed by atoms with Crippen LogP contribution in [0.5, 0.6) is 5.75 Å². The van der Waals surface area contributed by atoms with Gasteiger partial charge in [-0.2, -0.15) is 5.10 Å². The van der Waals surface area contributed by atoms with Crippen LogP contribution in [0.1, 0.15) is 34.1 Å². The minimum atomic E-state index is -0.455. The minimum Gasteiger partial charge on any atom is -0.497 e. The summed E-state index contributed by atoms with van der Waals surface area (Å²) >= 11 is 6.85. The molecule has 1 aliphatic heterocycles. The highest BCUT2D eigenvalue weighted by Gasteiger charge is 2.37. The first kappa shape index (κ1) is 25.3. The zero-order valence-electron chi connectivity index (χ0n) is 20.7. The highest BCUT2D eigenvalue weighted by atomic mass is 79.9. The SMILES string of the molecule is COc1ccc([C@@H]2CC(c3c(-c4ccccc4)c4cc(Br)ccc4[nH]c3=O)=NN2C(=O)c2ccc(Br)o2)cc1. The van der Waals surface area contributed by atoms with E-state index in [4.69, 9.17) is 14.3 Å². The van der Waals surface area contributed by atoms with Crippen LogP contribution in [-0.2, 0) is 0 Å². The van der Waals surface area contributed by atoms with E-state index < -0.39 is 11.9 Å². The molecule has 194 valence electrons. The normalized spacial score (nSPS) is 15.0. The number of hydrogen-bond acceptors (Lipinski definition) is 5. The smallest absolute Gasteiger partial charge is 0.310 e. The number of amides is 1. The van der Waals surface area contributed by atoms with Crippen molar-refractivity contribution in [2.24, 2.45) is 5.10 Å². The van der Waals surface area contributed by atoms with Crippen LogP contribution in [0, 0.1) is 0 Å². The monoisotopic (exact) mass is 645 g/mol. The molecule has 1 N–H and O–H groups in total. The van der Waals surface area contributed by atoms with Gasteiger partial charge in [0.25, 0.3) is 5.56 Å². The van der Waals surface area contributed by atoms with Crippen molar-refractivity contribution in [3.8, 4) is 16.9 Å². The molecule has 0 spiro atoms. The number of furan rings is 1.